The van der Waals surface area contributed by atoms with Crippen molar-refractivity contribution < 1.29 is 4.42 Å². The number of aromatic nitrogens is 1. The highest BCUT2D eigenvalue weighted by atomic mass is 32.1. The lowest BCUT2D eigenvalue weighted by atomic mass is 10.3. The molecular formula is C12H16N2OS. The second kappa shape index (κ2) is 4.80. The molecule has 0 aliphatic carbocycles. The molecule has 0 bridgehead atoms. The highest BCUT2D eigenvalue weighted by Crippen LogP contribution is 2.13. The summed E-state index contributed by atoms with van der Waals surface area (Å²) in [7, 11) is 0. The van der Waals surface area contributed by atoms with Crippen molar-refractivity contribution in [1.29, 1.82) is 0 Å². The number of aryl methyl sites for hydroxylation is 3. The molecule has 0 radical (unpaired) electrons. The number of thiazole rings is 1. The first-order valence-electron chi connectivity index (χ1n) is 5.33. The molecule has 0 aliphatic rings. The van der Waals surface area contributed by atoms with Gasteiger partial charge in [-0.25, -0.2) is 4.98 Å². The predicted octanol–water partition coefficient (Wildman–Crippen LogP) is 2.95. The number of rotatable bonds is 4. The molecule has 0 unspecified atom stereocenters. The zero-order valence-corrected chi connectivity index (χ0v) is 10.6. The van der Waals surface area contributed by atoms with Gasteiger partial charge in [-0.1, -0.05) is 0 Å². The van der Waals surface area contributed by atoms with E-state index < -0.39 is 0 Å². The molecule has 0 aromatic carbocycles. The zero-order valence-electron chi connectivity index (χ0n) is 9.83. The van der Waals surface area contributed by atoms with Gasteiger partial charge in [0.25, 0.3) is 0 Å². The molecule has 0 aliphatic heterocycles. The molecule has 16 heavy (non-hydrogen) atoms. The van der Waals surface area contributed by atoms with E-state index in [9.17, 15) is 0 Å². The van der Waals surface area contributed by atoms with Crippen molar-refractivity contribution in [1.82, 2.24) is 10.3 Å². The lowest BCUT2D eigenvalue weighted by molar-refractivity contribution is 0.460. The summed E-state index contributed by atoms with van der Waals surface area (Å²) in [5.74, 6) is 1.99. The van der Waals surface area contributed by atoms with E-state index in [1.807, 2.05) is 13.8 Å². The minimum atomic E-state index is 0.755. The topological polar surface area (TPSA) is 38.1 Å². The van der Waals surface area contributed by atoms with Crippen LogP contribution < -0.4 is 5.32 Å². The van der Waals surface area contributed by atoms with Gasteiger partial charge in [-0.05, 0) is 32.4 Å². The van der Waals surface area contributed by atoms with Gasteiger partial charge in [0.15, 0.2) is 0 Å². The van der Waals surface area contributed by atoms with Gasteiger partial charge in [-0.3, -0.25) is 0 Å². The molecule has 0 saturated heterocycles. The van der Waals surface area contributed by atoms with Crippen LogP contribution in [0.4, 0.5) is 0 Å². The molecule has 0 spiro atoms. The smallest absolute Gasteiger partial charge is 0.118 e. The van der Waals surface area contributed by atoms with Crippen LogP contribution in [0.1, 0.15) is 27.8 Å². The summed E-state index contributed by atoms with van der Waals surface area (Å²) in [5, 5.41) is 6.52. The third-order valence-electron chi connectivity index (χ3n) is 2.49. The monoisotopic (exact) mass is 236 g/mol. The van der Waals surface area contributed by atoms with E-state index in [0.717, 1.165) is 35.3 Å². The second-order valence-corrected chi connectivity index (χ2v) is 4.98. The largest absolute Gasteiger partial charge is 0.465 e. The lowest BCUT2D eigenvalue weighted by Gasteiger charge is -1.99. The van der Waals surface area contributed by atoms with Crippen molar-refractivity contribution in [3.05, 3.63) is 39.2 Å². The molecule has 4 heteroatoms. The number of nitrogens with one attached hydrogen (secondary N) is 1. The van der Waals surface area contributed by atoms with Gasteiger partial charge in [0.1, 0.15) is 11.5 Å². The summed E-state index contributed by atoms with van der Waals surface area (Å²) < 4.78 is 5.58. The van der Waals surface area contributed by atoms with Crippen LogP contribution >= 0.6 is 11.3 Å². The molecule has 0 amide bonds. The van der Waals surface area contributed by atoms with Gasteiger partial charge in [-0.2, -0.15) is 0 Å². The Balaban J connectivity index is 1.84. The van der Waals surface area contributed by atoms with Crippen molar-refractivity contribution in [2.75, 3.05) is 0 Å². The van der Waals surface area contributed by atoms with Crippen LogP contribution in [0.15, 0.2) is 15.9 Å². The zero-order chi connectivity index (χ0) is 11.5. The Bertz CT molecular complexity index is 454. The maximum atomic E-state index is 5.58. The highest BCUT2D eigenvalue weighted by molar-refractivity contribution is 7.09. The first-order chi connectivity index (χ1) is 7.65. The molecule has 0 saturated carbocycles. The number of hydrogen-bond acceptors (Lipinski definition) is 4. The summed E-state index contributed by atoms with van der Waals surface area (Å²) in [6.07, 6.45) is 0. The number of nitrogens with zero attached hydrogens (tertiary/aromatic N) is 1. The highest BCUT2D eigenvalue weighted by Gasteiger charge is 2.03. The quantitative estimate of drug-likeness (QED) is 0.887. The van der Waals surface area contributed by atoms with Gasteiger partial charge < -0.3 is 9.73 Å². The Labute approximate surface area is 99.5 Å². The third-order valence-corrected chi connectivity index (χ3v) is 3.31. The van der Waals surface area contributed by atoms with Crippen LogP contribution in [0.2, 0.25) is 0 Å². The second-order valence-electron chi connectivity index (χ2n) is 3.91. The van der Waals surface area contributed by atoms with Crippen LogP contribution in [-0.2, 0) is 13.1 Å². The van der Waals surface area contributed by atoms with Crippen molar-refractivity contribution >= 4 is 11.3 Å². The Morgan fingerprint density at radius 3 is 2.69 bits per heavy atom. The molecule has 2 aromatic heterocycles. The Morgan fingerprint density at radius 2 is 2.12 bits per heavy atom. The van der Waals surface area contributed by atoms with Crippen LogP contribution in [0.3, 0.4) is 0 Å². The fraction of sp³-hybridized carbons (Fsp3) is 0.417. The molecule has 0 atom stereocenters. The summed E-state index contributed by atoms with van der Waals surface area (Å²) in [6.45, 7) is 7.62. The van der Waals surface area contributed by atoms with Gasteiger partial charge in [0, 0.05) is 11.9 Å². The SMILES string of the molecule is Cc1nc(CNCc2cc(C)c(C)o2)cs1. The maximum Gasteiger partial charge on any atom is 0.118 e. The van der Waals surface area contributed by atoms with Crippen molar-refractivity contribution in [2.45, 2.75) is 33.9 Å². The molecule has 2 aromatic rings. The lowest BCUT2D eigenvalue weighted by Crippen LogP contribution is -2.12. The minimum absolute atomic E-state index is 0.755. The van der Waals surface area contributed by atoms with Crippen LogP contribution in [0, 0.1) is 20.8 Å². The summed E-state index contributed by atoms with van der Waals surface area (Å²) in [4.78, 5) is 4.39. The number of furan rings is 1. The molecule has 3 nitrogen and oxygen atoms in total. The Hall–Kier alpha value is -1.13. The van der Waals surface area contributed by atoms with E-state index >= 15 is 0 Å². The first-order valence-corrected chi connectivity index (χ1v) is 6.21. The minimum Gasteiger partial charge on any atom is -0.465 e. The normalized spacial score (nSPS) is 10.9. The summed E-state index contributed by atoms with van der Waals surface area (Å²) >= 11 is 1.68. The van der Waals surface area contributed by atoms with E-state index in [1.165, 1.54) is 5.56 Å². The van der Waals surface area contributed by atoms with E-state index in [2.05, 4.69) is 28.7 Å². The predicted molar refractivity (Wildman–Crippen MR) is 65.6 cm³/mol. The average Bonchev–Trinajstić information content (AvgIpc) is 2.75. The number of hydrogen-bond donors (Lipinski definition) is 1. The van der Waals surface area contributed by atoms with Crippen molar-refractivity contribution in [3.63, 3.8) is 0 Å². The van der Waals surface area contributed by atoms with Crippen LogP contribution in [0.25, 0.3) is 0 Å². The van der Waals surface area contributed by atoms with Gasteiger partial charge in [-0.15, -0.1) is 11.3 Å². The van der Waals surface area contributed by atoms with Crippen LogP contribution in [-0.4, -0.2) is 4.98 Å². The third kappa shape index (κ3) is 2.71. The molecule has 2 heterocycles. The fourth-order valence-corrected chi connectivity index (χ4v) is 2.15. The standard InChI is InChI=1S/C12H16N2OS/c1-8-4-12(15-9(8)2)6-13-5-11-7-16-10(3)14-11/h4,7,13H,5-6H2,1-3H3. The first kappa shape index (κ1) is 11.4. The molecule has 0 fully saturated rings. The summed E-state index contributed by atoms with van der Waals surface area (Å²) in [6, 6.07) is 2.08. The van der Waals surface area contributed by atoms with Gasteiger partial charge >= 0.3 is 0 Å². The average molecular weight is 236 g/mol. The molecule has 2 rings (SSSR count). The van der Waals surface area contributed by atoms with Crippen LogP contribution in [0.5, 0.6) is 0 Å². The van der Waals surface area contributed by atoms with Gasteiger partial charge in [0.2, 0.25) is 0 Å². The van der Waals surface area contributed by atoms with Crippen molar-refractivity contribution in [2.24, 2.45) is 0 Å². The summed E-state index contributed by atoms with van der Waals surface area (Å²) in [5.41, 5.74) is 2.31. The fourth-order valence-electron chi connectivity index (χ4n) is 1.54. The van der Waals surface area contributed by atoms with Crippen molar-refractivity contribution in [3.8, 4) is 0 Å². The molecule has 1 N–H and O–H groups in total. The van der Waals surface area contributed by atoms with E-state index in [4.69, 9.17) is 4.42 Å². The Kier molecular flexibility index (Phi) is 3.41. The molecule has 86 valence electrons. The molecular weight excluding hydrogens is 220 g/mol. The maximum absolute atomic E-state index is 5.58. The van der Waals surface area contributed by atoms with Gasteiger partial charge in [0.05, 0.1) is 17.2 Å². The van der Waals surface area contributed by atoms with E-state index in [1.54, 1.807) is 11.3 Å². The van der Waals surface area contributed by atoms with E-state index in [0.29, 0.717) is 0 Å². The Morgan fingerprint density at radius 1 is 1.31 bits per heavy atom. The van der Waals surface area contributed by atoms with E-state index in [-0.39, 0.29) is 0 Å².